The van der Waals surface area contributed by atoms with Crippen LogP contribution >= 0.6 is 22.7 Å². The smallest absolute Gasteiger partial charge is 0.406 e. The molecule has 29 heavy (non-hydrogen) atoms. The van der Waals surface area contributed by atoms with Crippen molar-refractivity contribution >= 4 is 40.2 Å². The Morgan fingerprint density at radius 3 is 2.52 bits per heavy atom. The molecule has 0 atom stereocenters. The Bertz CT molecular complexity index is 986. The summed E-state index contributed by atoms with van der Waals surface area (Å²) in [5.74, 6) is -1.31. The lowest BCUT2D eigenvalue weighted by molar-refractivity contribution is -0.274. The minimum Gasteiger partial charge on any atom is -0.406 e. The Labute approximate surface area is 171 Å². The summed E-state index contributed by atoms with van der Waals surface area (Å²) in [6, 6.07) is 8.50. The number of alkyl halides is 3. The Morgan fingerprint density at radius 1 is 1.17 bits per heavy atom. The quantitative estimate of drug-likeness (QED) is 0.612. The molecule has 6 nitrogen and oxygen atoms in total. The van der Waals surface area contributed by atoms with E-state index in [1.165, 1.54) is 46.8 Å². The van der Waals surface area contributed by atoms with Crippen molar-refractivity contribution in [2.45, 2.75) is 6.36 Å². The maximum Gasteiger partial charge on any atom is 0.573 e. The first-order chi connectivity index (χ1) is 13.7. The molecule has 0 fully saturated rings. The average Bonchev–Trinajstić information content (AvgIpc) is 3.32. The molecular weight excluding hydrogens is 427 g/mol. The summed E-state index contributed by atoms with van der Waals surface area (Å²) >= 11 is 2.85. The number of carbonyl (C=O) groups is 2. The number of rotatable bonds is 6. The second-order valence-electron chi connectivity index (χ2n) is 5.80. The van der Waals surface area contributed by atoms with Gasteiger partial charge in [-0.1, -0.05) is 6.07 Å². The van der Waals surface area contributed by atoms with Gasteiger partial charge < -0.3 is 15.0 Å². The van der Waals surface area contributed by atoms with Crippen LogP contribution in [0.25, 0.3) is 9.88 Å². The fourth-order valence-electron chi connectivity index (χ4n) is 2.31. The molecule has 0 bridgehead atoms. The van der Waals surface area contributed by atoms with Crippen molar-refractivity contribution in [3.05, 3.63) is 52.9 Å². The largest absolute Gasteiger partial charge is 0.573 e. The van der Waals surface area contributed by atoms with Crippen molar-refractivity contribution < 1.29 is 27.5 Å². The first-order valence-corrected chi connectivity index (χ1v) is 9.88. The van der Waals surface area contributed by atoms with Gasteiger partial charge in [0, 0.05) is 18.1 Å². The maximum atomic E-state index is 12.5. The summed E-state index contributed by atoms with van der Waals surface area (Å²) < 4.78 is 40.2. The first kappa shape index (κ1) is 20.8. The van der Waals surface area contributed by atoms with Crippen LogP contribution in [0.2, 0.25) is 0 Å². The molecule has 2 amide bonds. The van der Waals surface area contributed by atoms with Crippen LogP contribution < -0.4 is 10.1 Å². The normalized spacial score (nSPS) is 11.2. The summed E-state index contributed by atoms with van der Waals surface area (Å²) in [4.78, 5) is 31.1. The van der Waals surface area contributed by atoms with Crippen LogP contribution in [0.4, 0.5) is 18.9 Å². The van der Waals surface area contributed by atoms with Gasteiger partial charge in [-0.15, -0.1) is 35.8 Å². The van der Waals surface area contributed by atoms with E-state index in [2.05, 4.69) is 15.0 Å². The zero-order valence-corrected chi connectivity index (χ0v) is 16.5. The highest BCUT2D eigenvalue weighted by Gasteiger charge is 2.31. The molecule has 0 radical (unpaired) electrons. The summed E-state index contributed by atoms with van der Waals surface area (Å²) in [6.07, 6.45) is -4.78. The predicted molar refractivity (Wildman–Crippen MR) is 104 cm³/mol. The second kappa shape index (κ2) is 8.62. The number of anilines is 1. The van der Waals surface area contributed by atoms with Crippen molar-refractivity contribution in [3.63, 3.8) is 0 Å². The number of amides is 2. The first-order valence-electron chi connectivity index (χ1n) is 8.12. The lowest BCUT2D eigenvalue weighted by Gasteiger charge is -2.16. The number of ether oxygens (including phenoxy) is 1. The van der Waals surface area contributed by atoms with Crippen LogP contribution in [0.3, 0.4) is 0 Å². The number of hydrogen-bond acceptors (Lipinski definition) is 6. The van der Waals surface area contributed by atoms with Crippen molar-refractivity contribution in [1.82, 2.24) is 9.88 Å². The highest BCUT2D eigenvalue weighted by molar-refractivity contribution is 7.20. The minimum absolute atomic E-state index is 0.238. The highest BCUT2D eigenvalue weighted by atomic mass is 32.1. The van der Waals surface area contributed by atoms with Crippen LogP contribution in [0, 0.1) is 0 Å². The molecule has 2 aromatic heterocycles. The zero-order valence-electron chi connectivity index (χ0n) is 14.9. The summed E-state index contributed by atoms with van der Waals surface area (Å²) in [5.41, 5.74) is 0.515. The Kier molecular flexibility index (Phi) is 6.18. The molecule has 0 unspecified atom stereocenters. The van der Waals surface area contributed by atoms with Crippen molar-refractivity contribution in [2.24, 2.45) is 0 Å². The third kappa shape index (κ3) is 5.78. The molecule has 3 rings (SSSR count). The third-order valence-electron chi connectivity index (χ3n) is 3.55. The van der Waals surface area contributed by atoms with Crippen LogP contribution in [-0.2, 0) is 4.79 Å². The van der Waals surface area contributed by atoms with Gasteiger partial charge in [0.05, 0.1) is 11.4 Å². The summed E-state index contributed by atoms with van der Waals surface area (Å²) in [6.45, 7) is -0.245. The fraction of sp³-hybridized carbons (Fsp3) is 0.167. The van der Waals surface area contributed by atoms with Gasteiger partial charge in [0.2, 0.25) is 5.91 Å². The summed E-state index contributed by atoms with van der Waals surface area (Å²) in [7, 11) is 1.46. The number of thiazole rings is 1. The van der Waals surface area contributed by atoms with Gasteiger partial charge in [-0.25, -0.2) is 4.98 Å². The molecule has 0 spiro atoms. The van der Waals surface area contributed by atoms with Crippen LogP contribution in [-0.4, -0.2) is 41.7 Å². The Hall–Kier alpha value is -2.92. The average molecular weight is 441 g/mol. The molecular formula is C18H14F3N3O3S2. The molecule has 0 aliphatic heterocycles. The lowest BCUT2D eigenvalue weighted by Crippen LogP contribution is -2.35. The number of likely N-dealkylation sites (N-methyl/N-ethyl adjacent to an activating group) is 1. The zero-order chi connectivity index (χ0) is 21.0. The molecule has 152 valence electrons. The van der Waals surface area contributed by atoms with Gasteiger partial charge in [-0.3, -0.25) is 9.59 Å². The van der Waals surface area contributed by atoms with Crippen LogP contribution in [0.1, 0.15) is 10.5 Å². The number of carbonyl (C=O) groups excluding carboxylic acids is 2. The number of nitrogens with zero attached hydrogens (tertiary/aromatic N) is 2. The van der Waals surface area contributed by atoms with E-state index in [4.69, 9.17) is 0 Å². The van der Waals surface area contributed by atoms with Crippen LogP contribution in [0.15, 0.2) is 47.2 Å². The molecule has 0 saturated heterocycles. The molecule has 0 aliphatic carbocycles. The van der Waals surface area contributed by atoms with Gasteiger partial charge in [-0.2, -0.15) is 0 Å². The minimum atomic E-state index is -4.78. The lowest BCUT2D eigenvalue weighted by atomic mass is 10.3. The van der Waals surface area contributed by atoms with E-state index >= 15 is 0 Å². The number of nitrogens with one attached hydrogen (secondary N) is 1. The molecule has 2 heterocycles. The molecule has 3 aromatic rings. The highest BCUT2D eigenvalue weighted by Crippen LogP contribution is 2.28. The second-order valence-corrected chi connectivity index (χ2v) is 7.60. The number of halogens is 3. The number of aromatic nitrogens is 1. The number of thiophene rings is 1. The monoisotopic (exact) mass is 441 g/mol. The molecule has 11 heteroatoms. The van der Waals surface area contributed by atoms with E-state index in [9.17, 15) is 22.8 Å². The topological polar surface area (TPSA) is 71.5 Å². The molecule has 0 aliphatic rings. The van der Waals surface area contributed by atoms with Crippen LogP contribution in [0.5, 0.6) is 5.75 Å². The fourth-order valence-corrected chi connectivity index (χ4v) is 3.92. The third-order valence-corrected chi connectivity index (χ3v) is 5.44. The van der Waals surface area contributed by atoms with Gasteiger partial charge >= 0.3 is 6.36 Å². The van der Waals surface area contributed by atoms with Crippen molar-refractivity contribution in [3.8, 4) is 15.6 Å². The van der Waals surface area contributed by atoms with Gasteiger partial charge in [0.15, 0.2) is 0 Å². The predicted octanol–water partition coefficient (Wildman–Crippen LogP) is 4.48. The standard InChI is InChI=1S/C18H14F3N3O3S2/c1-24(17(26)13-10-29-16(23-13)14-3-2-8-28-14)9-15(25)22-11-4-6-12(7-5-11)27-18(19,20)21/h2-8,10H,9H2,1H3,(H,22,25). The van der Waals surface area contributed by atoms with E-state index in [-0.39, 0.29) is 17.9 Å². The maximum absolute atomic E-state index is 12.5. The SMILES string of the molecule is CN(CC(=O)Nc1ccc(OC(F)(F)F)cc1)C(=O)c1csc(-c2cccs2)n1. The van der Waals surface area contributed by atoms with Crippen molar-refractivity contribution in [2.75, 3.05) is 18.9 Å². The van der Waals surface area contributed by atoms with Gasteiger partial charge in [-0.05, 0) is 35.7 Å². The number of hydrogen-bond donors (Lipinski definition) is 1. The van der Waals surface area contributed by atoms with Gasteiger partial charge in [0.25, 0.3) is 5.91 Å². The van der Waals surface area contributed by atoms with E-state index in [0.29, 0.717) is 0 Å². The van der Waals surface area contributed by atoms with E-state index in [1.54, 1.807) is 5.38 Å². The van der Waals surface area contributed by atoms with Gasteiger partial charge in [0.1, 0.15) is 16.5 Å². The van der Waals surface area contributed by atoms with Crippen molar-refractivity contribution in [1.29, 1.82) is 0 Å². The van der Waals surface area contributed by atoms with E-state index in [1.807, 2.05) is 17.5 Å². The molecule has 1 N–H and O–H groups in total. The number of benzene rings is 1. The molecule has 1 aromatic carbocycles. The summed E-state index contributed by atoms with van der Waals surface area (Å²) in [5, 5.41) is 6.78. The Morgan fingerprint density at radius 2 is 1.90 bits per heavy atom. The molecule has 0 saturated carbocycles. The van der Waals surface area contributed by atoms with E-state index in [0.717, 1.165) is 22.0 Å². The van der Waals surface area contributed by atoms with E-state index < -0.39 is 23.9 Å². The Balaban J connectivity index is 1.55.